The minimum Gasteiger partial charge on any atom is -0.489 e. The molecule has 0 amide bonds. The molecule has 2 heterocycles. The molecule has 0 aliphatic carbocycles. The lowest BCUT2D eigenvalue weighted by atomic mass is 9.93. The Morgan fingerprint density at radius 1 is 0.978 bits per heavy atom. The number of carbonyl (C=O) groups excluding carboxylic acids is 1. The predicted molar refractivity (Wildman–Crippen MR) is 182 cm³/mol. The Balaban J connectivity index is 1.43. The fraction of sp³-hybridized carbons (Fsp3) is 0.139. The smallest absolute Gasteiger partial charge is 0.338 e. The van der Waals surface area contributed by atoms with Crippen LogP contribution in [-0.4, -0.2) is 23.4 Å². The first kappa shape index (κ1) is 30.6. The van der Waals surface area contributed by atoms with Crippen molar-refractivity contribution in [1.82, 2.24) is 4.57 Å². The van der Waals surface area contributed by atoms with E-state index in [1.165, 1.54) is 11.3 Å². The molecule has 0 saturated heterocycles. The zero-order chi connectivity index (χ0) is 31.3. The minimum atomic E-state index is -0.711. The maximum atomic E-state index is 14.1. The molecule has 1 aromatic heterocycles. The molecular formula is C36H29ClN2O4S2. The fourth-order valence-corrected chi connectivity index (χ4v) is 6.64. The molecule has 45 heavy (non-hydrogen) atoms. The molecule has 0 unspecified atom stereocenters. The lowest BCUT2D eigenvalue weighted by Crippen LogP contribution is -2.40. The SMILES string of the molecule is CCOC(=O)C1=C(c2ccccc2)N=c2s/c(=C\c3ccc(OCc4ccc(Cl)cc4)cc3)c(=O)n2[C@H]1c1ccc(SC)cc1. The van der Waals surface area contributed by atoms with Crippen molar-refractivity contribution in [1.29, 1.82) is 0 Å². The molecule has 0 fully saturated rings. The van der Waals surface area contributed by atoms with Gasteiger partial charge in [-0.3, -0.25) is 9.36 Å². The van der Waals surface area contributed by atoms with Crippen LogP contribution in [0.4, 0.5) is 0 Å². The maximum absolute atomic E-state index is 14.1. The Kier molecular flexibility index (Phi) is 9.35. The van der Waals surface area contributed by atoms with Crippen molar-refractivity contribution < 1.29 is 14.3 Å². The highest BCUT2D eigenvalue weighted by molar-refractivity contribution is 7.98. The van der Waals surface area contributed by atoms with Crippen LogP contribution in [0.1, 0.15) is 35.2 Å². The first-order valence-electron chi connectivity index (χ1n) is 14.3. The van der Waals surface area contributed by atoms with Crippen LogP contribution in [0.25, 0.3) is 11.8 Å². The molecule has 6 nitrogen and oxygen atoms in total. The van der Waals surface area contributed by atoms with Crippen LogP contribution in [0.5, 0.6) is 5.75 Å². The number of nitrogens with zero attached hydrogens (tertiary/aromatic N) is 2. The molecule has 0 saturated carbocycles. The van der Waals surface area contributed by atoms with Crippen molar-refractivity contribution in [2.24, 2.45) is 4.99 Å². The van der Waals surface area contributed by atoms with E-state index in [4.69, 9.17) is 26.1 Å². The van der Waals surface area contributed by atoms with Gasteiger partial charge < -0.3 is 9.47 Å². The van der Waals surface area contributed by atoms with Crippen molar-refractivity contribution >= 4 is 52.4 Å². The summed E-state index contributed by atoms with van der Waals surface area (Å²) in [4.78, 5) is 34.2. The molecule has 0 radical (unpaired) electrons. The summed E-state index contributed by atoms with van der Waals surface area (Å²) in [5.41, 5.74) is 4.04. The van der Waals surface area contributed by atoms with Gasteiger partial charge in [0, 0.05) is 15.5 Å². The largest absolute Gasteiger partial charge is 0.489 e. The van der Waals surface area contributed by atoms with Crippen LogP contribution >= 0.6 is 34.7 Å². The summed E-state index contributed by atoms with van der Waals surface area (Å²) in [5.74, 6) is 0.214. The zero-order valence-electron chi connectivity index (χ0n) is 24.6. The molecule has 1 atom stereocenters. The van der Waals surface area contributed by atoms with Gasteiger partial charge in [0.25, 0.3) is 5.56 Å². The third-order valence-electron chi connectivity index (χ3n) is 7.30. The van der Waals surface area contributed by atoms with Gasteiger partial charge >= 0.3 is 5.97 Å². The Hall–Kier alpha value is -4.37. The molecule has 0 spiro atoms. The summed E-state index contributed by atoms with van der Waals surface area (Å²) in [6.07, 6.45) is 3.85. The number of ether oxygens (including phenoxy) is 2. The molecule has 0 N–H and O–H groups in total. The summed E-state index contributed by atoms with van der Waals surface area (Å²) >= 11 is 8.90. The van der Waals surface area contributed by atoms with Crippen molar-refractivity contribution in [3.8, 4) is 5.75 Å². The molecule has 1 aliphatic rings. The topological polar surface area (TPSA) is 69.9 Å². The highest BCUT2D eigenvalue weighted by atomic mass is 35.5. The third-order valence-corrected chi connectivity index (χ3v) is 9.28. The number of hydrogen-bond donors (Lipinski definition) is 0. The summed E-state index contributed by atoms with van der Waals surface area (Å²) in [6, 6.07) is 31.9. The molecular weight excluding hydrogens is 624 g/mol. The monoisotopic (exact) mass is 652 g/mol. The van der Waals surface area contributed by atoms with E-state index in [9.17, 15) is 9.59 Å². The number of thioether (sulfide) groups is 1. The van der Waals surface area contributed by atoms with Gasteiger partial charge in [0.15, 0.2) is 4.80 Å². The van der Waals surface area contributed by atoms with Crippen LogP contribution in [-0.2, 0) is 16.1 Å². The maximum Gasteiger partial charge on any atom is 0.338 e. The minimum absolute atomic E-state index is 0.201. The van der Waals surface area contributed by atoms with E-state index in [2.05, 4.69) is 0 Å². The molecule has 5 aromatic rings. The van der Waals surface area contributed by atoms with Gasteiger partial charge in [-0.25, -0.2) is 9.79 Å². The van der Waals surface area contributed by atoms with Gasteiger partial charge in [-0.1, -0.05) is 89.7 Å². The van der Waals surface area contributed by atoms with E-state index in [-0.39, 0.29) is 12.2 Å². The first-order chi connectivity index (χ1) is 21.9. The van der Waals surface area contributed by atoms with Crippen LogP contribution in [0.2, 0.25) is 5.02 Å². The van der Waals surface area contributed by atoms with Crippen molar-refractivity contribution in [2.45, 2.75) is 24.5 Å². The predicted octanol–water partition coefficient (Wildman–Crippen LogP) is 6.89. The van der Waals surface area contributed by atoms with Gasteiger partial charge in [-0.15, -0.1) is 11.8 Å². The number of carbonyl (C=O) groups is 1. The molecule has 0 bridgehead atoms. The van der Waals surface area contributed by atoms with Crippen LogP contribution in [0, 0.1) is 0 Å². The van der Waals surface area contributed by atoms with Crippen LogP contribution < -0.4 is 19.6 Å². The number of benzene rings is 4. The van der Waals surface area contributed by atoms with Gasteiger partial charge in [0.2, 0.25) is 0 Å². The molecule has 226 valence electrons. The summed E-state index contributed by atoms with van der Waals surface area (Å²) in [5, 5.41) is 0.682. The summed E-state index contributed by atoms with van der Waals surface area (Å²) in [7, 11) is 0. The number of halogens is 1. The van der Waals surface area contributed by atoms with Crippen LogP contribution in [0.15, 0.2) is 123 Å². The molecule has 6 rings (SSSR count). The van der Waals surface area contributed by atoms with Crippen molar-refractivity contribution in [3.63, 3.8) is 0 Å². The quantitative estimate of drug-likeness (QED) is 0.128. The first-order valence-corrected chi connectivity index (χ1v) is 16.8. The lowest BCUT2D eigenvalue weighted by molar-refractivity contribution is -0.138. The number of esters is 1. The second-order valence-electron chi connectivity index (χ2n) is 10.2. The van der Waals surface area contributed by atoms with Crippen LogP contribution in [0.3, 0.4) is 0 Å². The van der Waals surface area contributed by atoms with E-state index in [1.54, 1.807) is 23.3 Å². The molecule has 4 aromatic carbocycles. The van der Waals surface area contributed by atoms with Gasteiger partial charge in [-0.2, -0.15) is 0 Å². The lowest BCUT2D eigenvalue weighted by Gasteiger charge is -2.26. The van der Waals surface area contributed by atoms with E-state index in [1.807, 2.05) is 115 Å². The molecule has 1 aliphatic heterocycles. The Labute approximate surface area is 274 Å². The number of aromatic nitrogens is 1. The fourth-order valence-electron chi connectivity index (χ4n) is 5.10. The summed E-state index contributed by atoms with van der Waals surface area (Å²) in [6.45, 7) is 2.39. The Bertz CT molecular complexity index is 2030. The molecule has 9 heteroatoms. The Morgan fingerprint density at radius 2 is 1.69 bits per heavy atom. The van der Waals surface area contributed by atoms with Gasteiger partial charge in [0.05, 0.1) is 28.5 Å². The average Bonchev–Trinajstić information content (AvgIpc) is 3.38. The normalized spacial score (nSPS) is 14.6. The standard InChI is InChI=1S/C36H29ClN2O4S2/c1-3-42-35(41)31-32(25-7-5-4-6-8-25)38-36-39(33(31)26-13-19-29(44-2)20-14-26)34(40)30(45-36)21-23-11-17-28(18-12-23)43-22-24-9-15-27(37)16-10-24/h4-21,33H,3,22H2,1-2H3/b30-21-/t33-/m0/s1. The number of hydrogen-bond acceptors (Lipinski definition) is 7. The highest BCUT2D eigenvalue weighted by Gasteiger charge is 2.35. The second-order valence-corrected chi connectivity index (χ2v) is 12.5. The van der Waals surface area contributed by atoms with Gasteiger partial charge in [-0.05, 0) is 72.3 Å². The Morgan fingerprint density at radius 3 is 2.36 bits per heavy atom. The number of thiazole rings is 1. The van der Waals surface area contributed by atoms with E-state index in [0.29, 0.717) is 38.0 Å². The van der Waals surface area contributed by atoms with E-state index in [0.717, 1.165) is 27.1 Å². The highest BCUT2D eigenvalue weighted by Crippen LogP contribution is 2.35. The summed E-state index contributed by atoms with van der Waals surface area (Å²) < 4.78 is 13.6. The average molecular weight is 653 g/mol. The third kappa shape index (κ3) is 6.68. The zero-order valence-corrected chi connectivity index (χ0v) is 27.0. The second kappa shape index (κ2) is 13.7. The van der Waals surface area contributed by atoms with Crippen molar-refractivity contribution in [2.75, 3.05) is 12.9 Å². The van der Waals surface area contributed by atoms with Crippen molar-refractivity contribution in [3.05, 3.63) is 156 Å². The van der Waals surface area contributed by atoms with E-state index < -0.39 is 12.0 Å². The number of rotatable bonds is 9. The van der Waals surface area contributed by atoms with Gasteiger partial charge in [0.1, 0.15) is 12.4 Å². The number of fused-ring (bicyclic) bond motifs is 1. The van der Waals surface area contributed by atoms with E-state index >= 15 is 0 Å².